The van der Waals surface area contributed by atoms with Crippen LogP contribution in [0, 0.1) is 4.91 Å². The zero-order valence-electron chi connectivity index (χ0n) is 9.60. The molecule has 0 bridgehead atoms. The van der Waals surface area contributed by atoms with Crippen LogP contribution >= 0.6 is 0 Å². The fourth-order valence-corrected chi connectivity index (χ4v) is 1.74. The highest BCUT2D eigenvalue weighted by Crippen LogP contribution is 2.15. The van der Waals surface area contributed by atoms with Gasteiger partial charge in [0.05, 0.1) is 0 Å². The molecular weight excluding hydrogens is 202 g/mol. The van der Waals surface area contributed by atoms with Crippen LogP contribution in [0.2, 0.25) is 0 Å². The Labute approximate surface area is 96.7 Å². The van der Waals surface area contributed by atoms with E-state index < -0.39 is 0 Å². The molecule has 16 heavy (non-hydrogen) atoms. The van der Waals surface area contributed by atoms with Crippen LogP contribution in [0.1, 0.15) is 44.1 Å². The van der Waals surface area contributed by atoms with Crippen molar-refractivity contribution in [2.45, 2.75) is 45.1 Å². The summed E-state index contributed by atoms with van der Waals surface area (Å²) in [5, 5.41) is 2.28. The molecule has 0 radical (unpaired) electrons. The Bertz CT molecular complexity index is 259. The molecule has 1 saturated carbocycles. The summed E-state index contributed by atoms with van der Waals surface area (Å²) in [6, 6.07) is 9.39. The van der Waals surface area contributed by atoms with Gasteiger partial charge in [0.2, 0.25) is 0 Å². The first-order chi connectivity index (χ1) is 7.93. The zero-order chi connectivity index (χ0) is 11.5. The molecule has 0 aliphatic heterocycles. The van der Waals surface area contributed by atoms with Gasteiger partial charge in [-0.3, -0.25) is 0 Å². The summed E-state index contributed by atoms with van der Waals surface area (Å²) in [6.07, 6.45) is 9.00. The van der Waals surface area contributed by atoms with Gasteiger partial charge in [0.25, 0.3) is 0 Å². The fourth-order valence-electron chi connectivity index (χ4n) is 1.74. The molecule has 1 aliphatic carbocycles. The summed E-state index contributed by atoms with van der Waals surface area (Å²) < 4.78 is 0. The van der Waals surface area contributed by atoms with Crippen LogP contribution in [0.25, 0.3) is 0 Å². The van der Waals surface area contributed by atoms with Gasteiger partial charge in [-0.15, -0.1) is 4.91 Å². The highest BCUT2D eigenvalue weighted by atomic mass is 16.7. The maximum absolute atomic E-state index is 9.51. The van der Waals surface area contributed by atoms with Gasteiger partial charge in [-0.25, -0.2) is 0 Å². The van der Waals surface area contributed by atoms with Crippen LogP contribution < -0.4 is 0 Å². The molecule has 1 aromatic rings. The second kappa shape index (κ2) is 8.89. The van der Waals surface area contributed by atoms with Crippen molar-refractivity contribution in [2.24, 2.45) is 5.34 Å². The second-order valence-corrected chi connectivity index (χ2v) is 3.95. The average Bonchev–Trinajstić information content (AvgIpc) is 2.40. The lowest BCUT2D eigenvalue weighted by Crippen LogP contribution is -1.85. The van der Waals surface area contributed by atoms with Gasteiger partial charge in [-0.1, -0.05) is 68.9 Å². The van der Waals surface area contributed by atoms with Crippen LogP contribution in [0.3, 0.4) is 0 Å². The number of hydrogen-bond donors (Lipinski definition) is 0. The Hall–Kier alpha value is -1.38. The Balaban J connectivity index is 0.000000181. The first kappa shape index (κ1) is 12.7. The Morgan fingerprint density at radius 2 is 1.44 bits per heavy atom. The number of benzene rings is 1. The molecule has 0 heterocycles. The molecular formula is C13H19NO2. The van der Waals surface area contributed by atoms with E-state index in [0.717, 1.165) is 5.56 Å². The predicted octanol–water partition coefficient (Wildman–Crippen LogP) is 4.23. The molecule has 1 aliphatic rings. The summed E-state index contributed by atoms with van der Waals surface area (Å²) in [5.74, 6) is 0. The third-order valence-electron chi connectivity index (χ3n) is 2.63. The van der Waals surface area contributed by atoms with Gasteiger partial charge in [-0.05, 0) is 5.56 Å². The maximum Gasteiger partial charge on any atom is 0.155 e. The van der Waals surface area contributed by atoms with E-state index >= 15 is 0 Å². The first-order valence-corrected chi connectivity index (χ1v) is 5.92. The molecule has 0 amide bonds. The average molecular weight is 221 g/mol. The maximum atomic E-state index is 9.51. The molecule has 88 valence electrons. The number of nitrogens with zero attached hydrogens (tertiary/aromatic N) is 1. The first-order valence-electron chi connectivity index (χ1n) is 5.92. The smallest absolute Gasteiger partial charge is 0.155 e. The minimum absolute atomic E-state index is 0.254. The summed E-state index contributed by atoms with van der Waals surface area (Å²) in [5.41, 5.74) is 0.946. The quantitative estimate of drug-likeness (QED) is 0.566. The van der Waals surface area contributed by atoms with Crippen LogP contribution in [-0.4, -0.2) is 0 Å². The molecule has 3 heteroatoms. The molecule has 1 fully saturated rings. The minimum atomic E-state index is 0.254. The third kappa shape index (κ3) is 6.17. The monoisotopic (exact) mass is 221 g/mol. The summed E-state index contributed by atoms with van der Waals surface area (Å²) in [6.45, 7) is 0.254. The molecule has 0 aromatic heterocycles. The number of rotatable bonds is 3. The van der Waals surface area contributed by atoms with E-state index in [1.807, 2.05) is 30.3 Å². The van der Waals surface area contributed by atoms with Crippen molar-refractivity contribution < 1.29 is 4.84 Å². The largest absolute Gasteiger partial charge is 0.359 e. The van der Waals surface area contributed by atoms with Crippen molar-refractivity contribution in [3.63, 3.8) is 0 Å². The van der Waals surface area contributed by atoms with Crippen LogP contribution in [0.4, 0.5) is 0 Å². The van der Waals surface area contributed by atoms with Crippen LogP contribution in [-0.2, 0) is 11.4 Å². The molecule has 2 rings (SSSR count). The highest BCUT2D eigenvalue weighted by Gasteiger charge is 1.95. The van der Waals surface area contributed by atoms with Crippen molar-refractivity contribution >= 4 is 0 Å². The summed E-state index contributed by atoms with van der Waals surface area (Å²) in [4.78, 5) is 13.8. The Kier molecular flexibility index (Phi) is 7.05. The second-order valence-electron chi connectivity index (χ2n) is 3.95. The van der Waals surface area contributed by atoms with Crippen LogP contribution in [0.5, 0.6) is 0 Å². The van der Waals surface area contributed by atoms with Crippen molar-refractivity contribution in [3.05, 3.63) is 40.8 Å². The molecule has 3 nitrogen and oxygen atoms in total. The van der Waals surface area contributed by atoms with Crippen LogP contribution in [0.15, 0.2) is 35.7 Å². The van der Waals surface area contributed by atoms with Crippen molar-refractivity contribution in [2.75, 3.05) is 0 Å². The predicted molar refractivity (Wildman–Crippen MR) is 64.7 cm³/mol. The topological polar surface area (TPSA) is 38.7 Å². The third-order valence-corrected chi connectivity index (χ3v) is 2.63. The van der Waals surface area contributed by atoms with Gasteiger partial charge in [0, 0.05) is 0 Å². The van der Waals surface area contributed by atoms with E-state index in [4.69, 9.17) is 0 Å². The fraction of sp³-hybridized carbons (Fsp3) is 0.538. The standard InChI is InChI=1S/C7H7NO2.C6H12/c9-8-10-6-7-4-2-1-3-5-7;1-2-4-6-5-3-1/h1-5H,6H2;1-6H2. The van der Waals surface area contributed by atoms with E-state index in [0.29, 0.717) is 0 Å². The van der Waals surface area contributed by atoms with E-state index in [1.54, 1.807) is 0 Å². The highest BCUT2D eigenvalue weighted by molar-refractivity contribution is 5.13. The lowest BCUT2D eigenvalue weighted by molar-refractivity contribution is 0.126. The SMILES string of the molecule is C1CCCCC1.O=NOCc1ccccc1. The molecule has 0 N–H and O–H groups in total. The number of hydrogen-bond acceptors (Lipinski definition) is 3. The Morgan fingerprint density at radius 1 is 0.938 bits per heavy atom. The van der Waals surface area contributed by atoms with E-state index in [-0.39, 0.29) is 6.61 Å². The zero-order valence-corrected chi connectivity index (χ0v) is 9.60. The van der Waals surface area contributed by atoms with Crippen molar-refractivity contribution in [1.29, 1.82) is 0 Å². The molecule has 1 aromatic carbocycles. The van der Waals surface area contributed by atoms with E-state index in [2.05, 4.69) is 10.2 Å². The molecule has 0 saturated heterocycles. The Morgan fingerprint density at radius 3 is 1.88 bits per heavy atom. The lowest BCUT2D eigenvalue weighted by Gasteiger charge is -2.05. The van der Waals surface area contributed by atoms with E-state index in [1.165, 1.54) is 38.5 Å². The van der Waals surface area contributed by atoms with Crippen molar-refractivity contribution in [3.8, 4) is 0 Å². The minimum Gasteiger partial charge on any atom is -0.359 e. The molecule has 0 atom stereocenters. The normalized spacial score (nSPS) is 14.5. The van der Waals surface area contributed by atoms with Gasteiger partial charge >= 0.3 is 0 Å². The van der Waals surface area contributed by atoms with Crippen molar-refractivity contribution in [1.82, 2.24) is 0 Å². The lowest BCUT2D eigenvalue weighted by atomic mass is 10.0. The summed E-state index contributed by atoms with van der Waals surface area (Å²) in [7, 11) is 0. The molecule has 0 unspecified atom stereocenters. The van der Waals surface area contributed by atoms with E-state index in [9.17, 15) is 4.91 Å². The molecule has 0 spiro atoms. The summed E-state index contributed by atoms with van der Waals surface area (Å²) >= 11 is 0. The van der Waals surface area contributed by atoms with Gasteiger partial charge in [0.15, 0.2) is 5.34 Å². The van der Waals surface area contributed by atoms with Gasteiger partial charge in [-0.2, -0.15) is 0 Å². The van der Waals surface area contributed by atoms with Gasteiger partial charge < -0.3 is 4.84 Å². The van der Waals surface area contributed by atoms with Gasteiger partial charge in [0.1, 0.15) is 6.61 Å².